The summed E-state index contributed by atoms with van der Waals surface area (Å²) in [7, 11) is 1.77. The molecule has 1 aromatic heterocycles. The lowest BCUT2D eigenvalue weighted by Crippen LogP contribution is -2.39. The number of nitrogens with two attached hydrogens (primary N) is 1. The third-order valence-electron chi connectivity index (χ3n) is 3.29. The van der Waals surface area contributed by atoms with Crippen molar-refractivity contribution in [3.8, 4) is 0 Å². The molecular formula is C13H21N3O2. The molecule has 5 nitrogen and oxygen atoms in total. The fourth-order valence-electron chi connectivity index (χ4n) is 1.92. The summed E-state index contributed by atoms with van der Waals surface area (Å²) in [5, 5.41) is 3.86. The molecule has 1 heterocycles. The lowest BCUT2D eigenvalue weighted by atomic mass is 9.93. The van der Waals surface area contributed by atoms with Gasteiger partial charge in [-0.05, 0) is 24.8 Å². The maximum atomic E-state index is 12.2. The number of carbonyl (C=O) groups excluding carboxylic acids is 1. The Morgan fingerprint density at radius 3 is 2.83 bits per heavy atom. The first kappa shape index (κ1) is 13.1. The maximum absolute atomic E-state index is 12.2. The van der Waals surface area contributed by atoms with E-state index in [1.807, 2.05) is 13.8 Å². The molecule has 1 aliphatic carbocycles. The highest BCUT2D eigenvalue weighted by Crippen LogP contribution is 2.40. The summed E-state index contributed by atoms with van der Waals surface area (Å²) in [4.78, 5) is 13.8. The molecule has 1 amide bonds. The van der Waals surface area contributed by atoms with Gasteiger partial charge >= 0.3 is 0 Å². The normalized spacial score (nSPS) is 15.8. The Morgan fingerprint density at radius 2 is 2.28 bits per heavy atom. The van der Waals surface area contributed by atoms with E-state index in [2.05, 4.69) is 5.16 Å². The zero-order chi connectivity index (χ0) is 13.3. The minimum atomic E-state index is -0.104. The minimum absolute atomic E-state index is 0.0898. The molecule has 1 aliphatic rings. The molecule has 0 saturated heterocycles. The molecule has 0 aromatic carbocycles. The second kappa shape index (κ2) is 4.72. The van der Waals surface area contributed by atoms with Gasteiger partial charge in [0.15, 0.2) is 5.69 Å². The number of carbonyl (C=O) groups is 1. The van der Waals surface area contributed by atoms with Gasteiger partial charge in [0.2, 0.25) is 0 Å². The predicted molar refractivity (Wildman–Crippen MR) is 68.3 cm³/mol. The number of nitrogens with zero attached hydrogens (tertiary/aromatic N) is 2. The van der Waals surface area contributed by atoms with Crippen molar-refractivity contribution in [2.75, 3.05) is 20.1 Å². The van der Waals surface area contributed by atoms with Gasteiger partial charge in [0.05, 0.1) is 0 Å². The molecule has 5 heteroatoms. The number of hydrogen-bond acceptors (Lipinski definition) is 4. The largest absolute Gasteiger partial charge is 0.360 e. The van der Waals surface area contributed by atoms with Crippen LogP contribution < -0.4 is 5.73 Å². The van der Waals surface area contributed by atoms with E-state index in [4.69, 9.17) is 10.3 Å². The Hall–Kier alpha value is -1.36. The maximum Gasteiger partial charge on any atom is 0.275 e. The van der Waals surface area contributed by atoms with Crippen LogP contribution in [-0.2, 0) is 0 Å². The molecule has 0 bridgehead atoms. The molecular weight excluding hydrogens is 230 g/mol. The van der Waals surface area contributed by atoms with Gasteiger partial charge in [-0.15, -0.1) is 0 Å². The summed E-state index contributed by atoms with van der Waals surface area (Å²) in [6, 6.07) is 1.77. The van der Waals surface area contributed by atoms with Crippen LogP contribution in [0, 0.1) is 5.41 Å². The van der Waals surface area contributed by atoms with Gasteiger partial charge < -0.3 is 15.2 Å². The zero-order valence-electron chi connectivity index (χ0n) is 11.3. The van der Waals surface area contributed by atoms with Gasteiger partial charge in [-0.1, -0.05) is 19.0 Å². The third-order valence-corrected chi connectivity index (χ3v) is 3.29. The minimum Gasteiger partial charge on any atom is -0.360 e. The van der Waals surface area contributed by atoms with Crippen LogP contribution in [0.15, 0.2) is 10.6 Å². The molecule has 100 valence electrons. The molecule has 18 heavy (non-hydrogen) atoms. The number of amides is 1. The highest BCUT2D eigenvalue weighted by molar-refractivity contribution is 5.92. The monoisotopic (exact) mass is 251 g/mol. The molecule has 2 rings (SSSR count). The number of aromatic nitrogens is 1. The van der Waals surface area contributed by atoms with Crippen molar-refractivity contribution in [2.45, 2.75) is 32.6 Å². The van der Waals surface area contributed by atoms with Crippen molar-refractivity contribution < 1.29 is 9.32 Å². The molecule has 0 spiro atoms. The van der Waals surface area contributed by atoms with E-state index in [0.717, 1.165) is 18.6 Å². The fraction of sp³-hybridized carbons (Fsp3) is 0.692. The van der Waals surface area contributed by atoms with Gasteiger partial charge in [0.1, 0.15) is 5.76 Å². The van der Waals surface area contributed by atoms with Gasteiger partial charge in [-0.3, -0.25) is 4.79 Å². The molecule has 0 radical (unpaired) electrons. The van der Waals surface area contributed by atoms with Crippen LogP contribution in [-0.4, -0.2) is 36.1 Å². The number of hydrogen-bond donors (Lipinski definition) is 1. The van der Waals surface area contributed by atoms with E-state index in [1.165, 1.54) is 0 Å². The van der Waals surface area contributed by atoms with Crippen LogP contribution in [0.2, 0.25) is 0 Å². The van der Waals surface area contributed by atoms with Crippen molar-refractivity contribution in [2.24, 2.45) is 11.1 Å². The fourth-order valence-corrected chi connectivity index (χ4v) is 1.92. The number of rotatable bonds is 5. The van der Waals surface area contributed by atoms with E-state index in [9.17, 15) is 4.79 Å². The van der Waals surface area contributed by atoms with Crippen LogP contribution in [0.5, 0.6) is 0 Å². The Bertz CT molecular complexity index is 435. The third kappa shape index (κ3) is 2.90. The highest BCUT2D eigenvalue weighted by atomic mass is 16.5. The van der Waals surface area contributed by atoms with Crippen LogP contribution in [0.3, 0.4) is 0 Å². The summed E-state index contributed by atoms with van der Waals surface area (Å²) >= 11 is 0. The molecule has 0 aliphatic heterocycles. The molecule has 1 saturated carbocycles. The van der Waals surface area contributed by atoms with Gasteiger partial charge in [-0.2, -0.15) is 0 Å². The Labute approximate surface area is 107 Å². The summed E-state index contributed by atoms with van der Waals surface area (Å²) in [5.41, 5.74) is 5.98. The molecule has 0 atom stereocenters. The highest BCUT2D eigenvalue weighted by Gasteiger charge is 2.30. The Kier molecular flexibility index (Phi) is 3.43. The first-order chi connectivity index (χ1) is 8.43. The lowest BCUT2D eigenvalue weighted by molar-refractivity contribution is 0.0730. The Morgan fingerprint density at radius 1 is 1.61 bits per heavy atom. The van der Waals surface area contributed by atoms with Crippen molar-refractivity contribution in [1.82, 2.24) is 10.1 Å². The second-order valence-corrected chi connectivity index (χ2v) is 5.92. The average molecular weight is 251 g/mol. The summed E-state index contributed by atoms with van der Waals surface area (Å²) in [5.74, 6) is 1.21. The van der Waals surface area contributed by atoms with E-state index in [0.29, 0.717) is 24.7 Å². The van der Waals surface area contributed by atoms with Crippen molar-refractivity contribution in [1.29, 1.82) is 0 Å². The van der Waals surface area contributed by atoms with Crippen molar-refractivity contribution >= 4 is 5.91 Å². The smallest absolute Gasteiger partial charge is 0.275 e. The standard InChI is InChI=1S/C13H21N3O2/c1-13(2,7-14)8-16(3)12(17)10-6-11(18-15-10)9-4-5-9/h6,9H,4-5,7-8,14H2,1-3H3. The van der Waals surface area contributed by atoms with Crippen LogP contribution in [0.4, 0.5) is 0 Å². The van der Waals surface area contributed by atoms with E-state index < -0.39 is 0 Å². The molecule has 1 aromatic rings. The van der Waals surface area contributed by atoms with Crippen LogP contribution >= 0.6 is 0 Å². The summed E-state index contributed by atoms with van der Waals surface area (Å²) < 4.78 is 5.19. The topological polar surface area (TPSA) is 72.4 Å². The van der Waals surface area contributed by atoms with Crippen molar-refractivity contribution in [3.05, 3.63) is 17.5 Å². The molecule has 1 fully saturated rings. The Balaban J connectivity index is 2.00. The first-order valence-electron chi connectivity index (χ1n) is 6.35. The van der Waals surface area contributed by atoms with Crippen LogP contribution in [0.25, 0.3) is 0 Å². The predicted octanol–water partition coefficient (Wildman–Crippen LogP) is 1.61. The van der Waals surface area contributed by atoms with Crippen LogP contribution in [0.1, 0.15) is 48.9 Å². The van der Waals surface area contributed by atoms with E-state index in [1.54, 1.807) is 18.0 Å². The van der Waals surface area contributed by atoms with Crippen molar-refractivity contribution in [3.63, 3.8) is 0 Å². The van der Waals surface area contributed by atoms with E-state index in [-0.39, 0.29) is 11.3 Å². The summed E-state index contributed by atoms with van der Waals surface area (Å²) in [6.07, 6.45) is 2.28. The second-order valence-electron chi connectivity index (χ2n) is 5.92. The van der Waals surface area contributed by atoms with Gasteiger partial charge in [0.25, 0.3) is 5.91 Å². The SMILES string of the molecule is CN(CC(C)(C)CN)C(=O)c1cc(C2CC2)on1. The van der Waals surface area contributed by atoms with Gasteiger partial charge in [-0.25, -0.2) is 0 Å². The molecule has 0 unspecified atom stereocenters. The lowest BCUT2D eigenvalue weighted by Gasteiger charge is -2.28. The molecule has 2 N–H and O–H groups in total. The average Bonchev–Trinajstić information content (AvgIpc) is 3.06. The van der Waals surface area contributed by atoms with E-state index >= 15 is 0 Å². The quantitative estimate of drug-likeness (QED) is 0.863. The first-order valence-corrected chi connectivity index (χ1v) is 6.35. The van der Waals surface area contributed by atoms with Gasteiger partial charge in [0, 0.05) is 25.6 Å². The summed E-state index contributed by atoms with van der Waals surface area (Å²) in [6.45, 7) is 5.22. The zero-order valence-corrected chi connectivity index (χ0v) is 11.3.